The normalized spacial score (nSPS) is 11.9. The van der Waals surface area contributed by atoms with E-state index in [0.29, 0.717) is 17.3 Å². The highest BCUT2D eigenvalue weighted by molar-refractivity contribution is 5.95. The minimum atomic E-state index is -4.68. The molecule has 1 N–H and O–H groups in total. The number of para-hydroxylation sites is 1. The van der Waals surface area contributed by atoms with Crippen LogP contribution in [0.15, 0.2) is 65.5 Å². The maximum atomic E-state index is 13.7. The molecule has 0 bridgehead atoms. The molecule has 0 amide bonds. The molecule has 136 valence electrons. The first kappa shape index (κ1) is 17.1. The van der Waals surface area contributed by atoms with Gasteiger partial charge in [0, 0.05) is 11.6 Å². The van der Waals surface area contributed by atoms with Crippen LogP contribution in [0.25, 0.3) is 28.0 Å². The van der Waals surface area contributed by atoms with Gasteiger partial charge in [-0.15, -0.1) is 0 Å². The van der Waals surface area contributed by atoms with Gasteiger partial charge < -0.3 is 4.98 Å². The standard InChI is InChI=1S/C20H14F3N3O/c1-12-6-5-7-13(10-12)18-17-15(20(21,22)23)11-16(27)24-19(17)26(25-18)14-8-3-2-4-9-14/h2-11H,1H3,(H,24,27). The number of aryl methyl sites for hydroxylation is 1. The second-order valence-corrected chi connectivity index (χ2v) is 6.23. The second-order valence-electron chi connectivity index (χ2n) is 6.23. The van der Waals surface area contributed by atoms with E-state index < -0.39 is 17.3 Å². The molecule has 0 saturated carbocycles. The van der Waals surface area contributed by atoms with Crippen molar-refractivity contribution in [2.75, 3.05) is 0 Å². The number of aromatic amines is 1. The molecule has 0 aliphatic heterocycles. The topological polar surface area (TPSA) is 50.7 Å². The van der Waals surface area contributed by atoms with Crippen molar-refractivity contribution >= 4 is 11.0 Å². The van der Waals surface area contributed by atoms with E-state index >= 15 is 0 Å². The Balaban J connectivity index is 2.16. The highest BCUT2D eigenvalue weighted by atomic mass is 19.4. The molecule has 0 saturated heterocycles. The summed E-state index contributed by atoms with van der Waals surface area (Å²) in [6.45, 7) is 1.85. The first-order valence-electron chi connectivity index (χ1n) is 8.20. The van der Waals surface area contributed by atoms with E-state index in [2.05, 4.69) is 10.1 Å². The van der Waals surface area contributed by atoms with Crippen LogP contribution in [0, 0.1) is 6.92 Å². The van der Waals surface area contributed by atoms with Gasteiger partial charge in [-0.2, -0.15) is 18.3 Å². The molecule has 0 aliphatic carbocycles. The average Bonchev–Trinajstić information content (AvgIpc) is 3.00. The van der Waals surface area contributed by atoms with Crippen molar-refractivity contribution in [3.05, 3.63) is 82.1 Å². The number of rotatable bonds is 2. The number of alkyl halides is 3. The van der Waals surface area contributed by atoms with Gasteiger partial charge in [0.1, 0.15) is 11.3 Å². The molecule has 7 heteroatoms. The van der Waals surface area contributed by atoms with Crippen molar-refractivity contribution < 1.29 is 13.2 Å². The molecule has 4 aromatic rings. The third kappa shape index (κ3) is 3.01. The van der Waals surface area contributed by atoms with Gasteiger partial charge in [0.05, 0.1) is 16.6 Å². The summed E-state index contributed by atoms with van der Waals surface area (Å²) in [6, 6.07) is 16.4. The molecule has 2 heterocycles. The lowest BCUT2D eigenvalue weighted by atomic mass is 10.0. The van der Waals surface area contributed by atoms with Crippen LogP contribution in [-0.4, -0.2) is 14.8 Å². The van der Waals surface area contributed by atoms with Gasteiger partial charge in [-0.1, -0.05) is 42.0 Å². The summed E-state index contributed by atoms with van der Waals surface area (Å²) in [4.78, 5) is 14.5. The fourth-order valence-corrected chi connectivity index (χ4v) is 3.12. The van der Waals surface area contributed by atoms with Crippen LogP contribution in [0.4, 0.5) is 13.2 Å². The molecular weight excluding hydrogens is 355 g/mol. The van der Waals surface area contributed by atoms with E-state index in [-0.39, 0.29) is 16.7 Å². The van der Waals surface area contributed by atoms with E-state index in [4.69, 9.17) is 0 Å². The smallest absolute Gasteiger partial charge is 0.306 e. The van der Waals surface area contributed by atoms with E-state index in [9.17, 15) is 18.0 Å². The largest absolute Gasteiger partial charge is 0.417 e. The van der Waals surface area contributed by atoms with E-state index in [1.54, 1.807) is 48.5 Å². The highest BCUT2D eigenvalue weighted by Crippen LogP contribution is 2.38. The summed E-state index contributed by atoms with van der Waals surface area (Å²) < 4.78 is 42.4. The van der Waals surface area contributed by atoms with Crippen molar-refractivity contribution in [2.24, 2.45) is 0 Å². The number of halogens is 3. The molecule has 4 rings (SSSR count). The van der Waals surface area contributed by atoms with Crippen LogP contribution in [0.5, 0.6) is 0 Å². The summed E-state index contributed by atoms with van der Waals surface area (Å²) in [5.41, 5.74) is 0.345. The Kier molecular flexibility index (Phi) is 3.87. The van der Waals surface area contributed by atoms with Gasteiger partial charge in [-0.05, 0) is 25.1 Å². The number of aromatic nitrogens is 3. The van der Waals surface area contributed by atoms with Crippen LogP contribution < -0.4 is 5.56 Å². The molecule has 0 radical (unpaired) electrons. The highest BCUT2D eigenvalue weighted by Gasteiger charge is 2.36. The summed E-state index contributed by atoms with van der Waals surface area (Å²) in [6.07, 6.45) is -4.68. The molecule has 2 aromatic carbocycles. The number of nitrogens with zero attached hydrogens (tertiary/aromatic N) is 2. The minimum absolute atomic E-state index is 0.0116. The third-order valence-corrected chi connectivity index (χ3v) is 4.27. The maximum Gasteiger partial charge on any atom is 0.417 e. The fourth-order valence-electron chi connectivity index (χ4n) is 3.12. The number of H-pyrrole nitrogens is 1. The Morgan fingerprint density at radius 3 is 2.41 bits per heavy atom. The number of pyridine rings is 1. The van der Waals surface area contributed by atoms with Crippen molar-refractivity contribution in [1.29, 1.82) is 0 Å². The first-order valence-corrected chi connectivity index (χ1v) is 8.20. The Hall–Kier alpha value is -3.35. The fraction of sp³-hybridized carbons (Fsp3) is 0.100. The molecule has 2 aromatic heterocycles. The van der Waals surface area contributed by atoms with Crippen LogP contribution in [0.1, 0.15) is 11.1 Å². The molecule has 27 heavy (non-hydrogen) atoms. The average molecular weight is 369 g/mol. The Morgan fingerprint density at radius 2 is 1.74 bits per heavy atom. The van der Waals surface area contributed by atoms with Crippen molar-refractivity contribution in [3.8, 4) is 16.9 Å². The molecule has 0 spiro atoms. The Morgan fingerprint density at radius 1 is 1.00 bits per heavy atom. The van der Waals surface area contributed by atoms with Crippen LogP contribution in [0.3, 0.4) is 0 Å². The number of fused-ring (bicyclic) bond motifs is 1. The van der Waals surface area contributed by atoms with Gasteiger partial charge in [0.15, 0.2) is 0 Å². The lowest BCUT2D eigenvalue weighted by Gasteiger charge is -2.09. The van der Waals surface area contributed by atoms with Gasteiger partial charge in [-0.3, -0.25) is 4.79 Å². The van der Waals surface area contributed by atoms with Gasteiger partial charge >= 0.3 is 6.18 Å². The molecule has 0 unspecified atom stereocenters. The Labute approximate surface area is 151 Å². The van der Waals surface area contributed by atoms with Gasteiger partial charge in [-0.25, -0.2) is 4.68 Å². The minimum Gasteiger partial charge on any atom is -0.306 e. The van der Waals surface area contributed by atoms with Gasteiger partial charge in [0.25, 0.3) is 0 Å². The summed E-state index contributed by atoms with van der Waals surface area (Å²) in [5, 5.41) is 4.30. The lowest BCUT2D eigenvalue weighted by Crippen LogP contribution is -2.14. The van der Waals surface area contributed by atoms with Gasteiger partial charge in [0.2, 0.25) is 5.56 Å². The third-order valence-electron chi connectivity index (χ3n) is 4.27. The zero-order chi connectivity index (χ0) is 19.2. The molecule has 0 aliphatic rings. The number of nitrogens with one attached hydrogen (secondary N) is 1. The summed E-state index contributed by atoms with van der Waals surface area (Å²) in [5.74, 6) is 0. The van der Waals surface area contributed by atoms with E-state index in [1.165, 1.54) is 4.68 Å². The van der Waals surface area contributed by atoms with Crippen molar-refractivity contribution in [3.63, 3.8) is 0 Å². The predicted octanol–water partition coefficient (Wildman–Crippen LogP) is 4.71. The molecular formula is C20H14F3N3O. The van der Waals surface area contributed by atoms with Crippen molar-refractivity contribution in [2.45, 2.75) is 13.1 Å². The maximum absolute atomic E-state index is 13.7. The molecule has 4 nitrogen and oxygen atoms in total. The lowest BCUT2D eigenvalue weighted by molar-refractivity contribution is -0.136. The zero-order valence-electron chi connectivity index (χ0n) is 14.2. The Bertz CT molecular complexity index is 1190. The molecule has 0 fully saturated rings. The monoisotopic (exact) mass is 369 g/mol. The predicted molar refractivity (Wildman–Crippen MR) is 96.9 cm³/mol. The van der Waals surface area contributed by atoms with E-state index in [1.807, 2.05) is 13.0 Å². The molecule has 0 atom stereocenters. The van der Waals surface area contributed by atoms with Crippen LogP contribution in [0.2, 0.25) is 0 Å². The van der Waals surface area contributed by atoms with E-state index in [0.717, 1.165) is 5.56 Å². The quantitative estimate of drug-likeness (QED) is 0.556. The number of hydrogen-bond donors (Lipinski definition) is 1. The van der Waals surface area contributed by atoms with Crippen LogP contribution in [-0.2, 0) is 6.18 Å². The SMILES string of the molecule is Cc1cccc(-c2nn(-c3ccccc3)c3[nH]c(=O)cc(C(F)(F)F)c23)c1. The summed E-state index contributed by atoms with van der Waals surface area (Å²) in [7, 11) is 0. The number of benzene rings is 2. The van der Waals surface area contributed by atoms with Crippen molar-refractivity contribution in [1.82, 2.24) is 14.8 Å². The summed E-state index contributed by atoms with van der Waals surface area (Å²) >= 11 is 0. The van der Waals surface area contributed by atoms with Crippen LogP contribution >= 0.6 is 0 Å². The number of hydrogen-bond acceptors (Lipinski definition) is 2. The second kappa shape index (κ2) is 6.12. The first-order chi connectivity index (χ1) is 12.8. The zero-order valence-corrected chi connectivity index (χ0v) is 14.2.